The smallest absolute Gasteiger partial charge is 0.122 e. The van der Waals surface area contributed by atoms with Crippen LogP contribution in [0.4, 0.5) is 0 Å². The van der Waals surface area contributed by atoms with Crippen LogP contribution in [-0.2, 0) is 12.8 Å². The number of rotatable bonds is 4. The van der Waals surface area contributed by atoms with E-state index < -0.39 is 0 Å². The van der Waals surface area contributed by atoms with E-state index in [2.05, 4.69) is 25.1 Å². The highest BCUT2D eigenvalue weighted by Gasteiger charge is 2.24. The molecule has 100 valence electrons. The standard InChI is InChI=1S/C16H24O2/c1-3-12-8-9-16(18-2)14(10-12)11-13-6-4-5-7-15(13)17/h8-10,13,15,17H,3-7,11H2,1-2H3. The fourth-order valence-corrected chi connectivity index (χ4v) is 2.92. The summed E-state index contributed by atoms with van der Waals surface area (Å²) < 4.78 is 5.44. The first-order chi connectivity index (χ1) is 8.74. The second-order valence-corrected chi connectivity index (χ2v) is 5.32. The van der Waals surface area contributed by atoms with Crippen LogP contribution in [0.5, 0.6) is 5.75 Å². The third-order valence-electron chi connectivity index (χ3n) is 4.10. The molecule has 0 aliphatic heterocycles. The zero-order valence-corrected chi connectivity index (χ0v) is 11.5. The first-order valence-corrected chi connectivity index (χ1v) is 7.08. The van der Waals surface area contributed by atoms with Crippen molar-refractivity contribution in [1.82, 2.24) is 0 Å². The molecule has 0 heterocycles. The van der Waals surface area contributed by atoms with Crippen molar-refractivity contribution in [3.05, 3.63) is 29.3 Å². The molecule has 1 fully saturated rings. The number of aliphatic hydroxyl groups is 1. The molecule has 0 spiro atoms. The summed E-state index contributed by atoms with van der Waals surface area (Å²) in [6.07, 6.45) is 6.37. The maximum atomic E-state index is 10.1. The molecule has 1 aliphatic carbocycles. The Hall–Kier alpha value is -1.02. The Morgan fingerprint density at radius 3 is 2.72 bits per heavy atom. The van der Waals surface area contributed by atoms with Gasteiger partial charge in [0.15, 0.2) is 0 Å². The van der Waals surface area contributed by atoms with Crippen molar-refractivity contribution in [3.8, 4) is 5.75 Å². The van der Waals surface area contributed by atoms with Crippen LogP contribution in [0.3, 0.4) is 0 Å². The van der Waals surface area contributed by atoms with Gasteiger partial charge in [-0.05, 0) is 48.8 Å². The Kier molecular flexibility index (Phi) is 4.65. The molecule has 1 aliphatic rings. The van der Waals surface area contributed by atoms with Gasteiger partial charge in [-0.1, -0.05) is 31.9 Å². The lowest BCUT2D eigenvalue weighted by atomic mass is 9.82. The van der Waals surface area contributed by atoms with Crippen LogP contribution in [0, 0.1) is 5.92 Å². The van der Waals surface area contributed by atoms with Crippen LogP contribution < -0.4 is 4.74 Å². The quantitative estimate of drug-likeness (QED) is 0.885. The first kappa shape index (κ1) is 13.4. The molecule has 1 aromatic rings. The Morgan fingerprint density at radius 1 is 1.28 bits per heavy atom. The summed E-state index contributed by atoms with van der Waals surface area (Å²) in [5.74, 6) is 1.37. The Labute approximate surface area is 110 Å². The molecule has 0 radical (unpaired) electrons. The van der Waals surface area contributed by atoms with Crippen LogP contribution in [0.1, 0.15) is 43.7 Å². The maximum absolute atomic E-state index is 10.1. The monoisotopic (exact) mass is 248 g/mol. The molecule has 18 heavy (non-hydrogen) atoms. The summed E-state index contributed by atoms with van der Waals surface area (Å²) in [7, 11) is 1.72. The molecule has 1 aromatic carbocycles. The summed E-state index contributed by atoms with van der Waals surface area (Å²) in [6.45, 7) is 2.17. The molecule has 2 nitrogen and oxygen atoms in total. The molecular weight excluding hydrogens is 224 g/mol. The van der Waals surface area contributed by atoms with Crippen molar-refractivity contribution in [3.63, 3.8) is 0 Å². The Balaban J connectivity index is 2.15. The Bertz CT molecular complexity index is 387. The molecule has 0 aromatic heterocycles. The van der Waals surface area contributed by atoms with Gasteiger partial charge < -0.3 is 9.84 Å². The van der Waals surface area contributed by atoms with Crippen molar-refractivity contribution in [2.75, 3.05) is 7.11 Å². The first-order valence-electron chi connectivity index (χ1n) is 7.08. The van der Waals surface area contributed by atoms with Gasteiger partial charge in [-0.25, -0.2) is 0 Å². The molecule has 2 heteroatoms. The van der Waals surface area contributed by atoms with Crippen molar-refractivity contribution >= 4 is 0 Å². The van der Waals surface area contributed by atoms with Gasteiger partial charge in [-0.15, -0.1) is 0 Å². The highest BCUT2D eigenvalue weighted by molar-refractivity contribution is 5.37. The molecule has 0 amide bonds. The lowest BCUT2D eigenvalue weighted by Gasteiger charge is -2.28. The average Bonchev–Trinajstić information content (AvgIpc) is 2.41. The lowest BCUT2D eigenvalue weighted by Crippen LogP contribution is -2.26. The normalized spacial score (nSPS) is 23.9. The summed E-state index contributed by atoms with van der Waals surface area (Å²) in [6, 6.07) is 6.42. The van der Waals surface area contributed by atoms with E-state index in [-0.39, 0.29) is 6.10 Å². The maximum Gasteiger partial charge on any atom is 0.122 e. The molecule has 2 rings (SSSR count). The minimum absolute atomic E-state index is 0.131. The number of methoxy groups -OCH3 is 1. The van der Waals surface area contributed by atoms with Gasteiger partial charge in [0.05, 0.1) is 13.2 Å². The van der Waals surface area contributed by atoms with Gasteiger partial charge in [0.1, 0.15) is 5.75 Å². The van der Waals surface area contributed by atoms with Gasteiger partial charge >= 0.3 is 0 Å². The zero-order chi connectivity index (χ0) is 13.0. The van der Waals surface area contributed by atoms with E-state index in [1.165, 1.54) is 24.0 Å². The fraction of sp³-hybridized carbons (Fsp3) is 0.625. The van der Waals surface area contributed by atoms with E-state index in [0.717, 1.165) is 31.4 Å². The number of aliphatic hydroxyl groups excluding tert-OH is 1. The predicted molar refractivity (Wildman–Crippen MR) is 74.0 cm³/mol. The van der Waals surface area contributed by atoms with Crippen molar-refractivity contribution in [2.24, 2.45) is 5.92 Å². The van der Waals surface area contributed by atoms with E-state index in [1.807, 2.05) is 0 Å². The minimum Gasteiger partial charge on any atom is -0.496 e. The van der Waals surface area contributed by atoms with Crippen LogP contribution in [0.25, 0.3) is 0 Å². The number of hydrogen-bond donors (Lipinski definition) is 1. The largest absolute Gasteiger partial charge is 0.496 e. The molecule has 0 bridgehead atoms. The minimum atomic E-state index is -0.131. The highest BCUT2D eigenvalue weighted by atomic mass is 16.5. The summed E-state index contributed by atoms with van der Waals surface area (Å²) in [4.78, 5) is 0. The third-order valence-corrected chi connectivity index (χ3v) is 4.10. The van der Waals surface area contributed by atoms with E-state index in [4.69, 9.17) is 4.74 Å². The summed E-state index contributed by atoms with van der Waals surface area (Å²) in [5.41, 5.74) is 2.60. The topological polar surface area (TPSA) is 29.5 Å². The fourth-order valence-electron chi connectivity index (χ4n) is 2.92. The van der Waals surface area contributed by atoms with Crippen molar-refractivity contribution in [1.29, 1.82) is 0 Å². The van der Waals surface area contributed by atoms with E-state index in [0.29, 0.717) is 5.92 Å². The SMILES string of the molecule is CCc1ccc(OC)c(CC2CCCCC2O)c1. The number of aryl methyl sites for hydroxylation is 1. The van der Waals surface area contributed by atoms with E-state index in [1.54, 1.807) is 7.11 Å². The number of benzene rings is 1. The van der Waals surface area contributed by atoms with Gasteiger partial charge in [-0.2, -0.15) is 0 Å². The van der Waals surface area contributed by atoms with Crippen LogP contribution >= 0.6 is 0 Å². The molecule has 1 N–H and O–H groups in total. The van der Waals surface area contributed by atoms with Gasteiger partial charge in [-0.3, -0.25) is 0 Å². The van der Waals surface area contributed by atoms with Gasteiger partial charge in [0.2, 0.25) is 0 Å². The second-order valence-electron chi connectivity index (χ2n) is 5.32. The molecule has 1 saturated carbocycles. The summed E-state index contributed by atoms with van der Waals surface area (Å²) in [5, 5.41) is 10.1. The van der Waals surface area contributed by atoms with Crippen molar-refractivity contribution in [2.45, 2.75) is 51.6 Å². The van der Waals surface area contributed by atoms with E-state index >= 15 is 0 Å². The highest BCUT2D eigenvalue weighted by Crippen LogP contribution is 2.31. The number of hydrogen-bond acceptors (Lipinski definition) is 2. The predicted octanol–water partition coefficient (Wildman–Crippen LogP) is 3.35. The molecule has 0 saturated heterocycles. The van der Waals surface area contributed by atoms with Crippen LogP contribution in [-0.4, -0.2) is 18.3 Å². The van der Waals surface area contributed by atoms with E-state index in [9.17, 15) is 5.11 Å². The molecular formula is C16H24O2. The summed E-state index contributed by atoms with van der Waals surface area (Å²) >= 11 is 0. The van der Waals surface area contributed by atoms with Gasteiger partial charge in [0.25, 0.3) is 0 Å². The molecule has 2 unspecified atom stereocenters. The third kappa shape index (κ3) is 3.05. The number of ether oxygens (including phenoxy) is 1. The lowest BCUT2D eigenvalue weighted by molar-refractivity contribution is 0.0697. The van der Waals surface area contributed by atoms with Crippen molar-refractivity contribution < 1.29 is 9.84 Å². The van der Waals surface area contributed by atoms with Gasteiger partial charge in [0, 0.05) is 0 Å². The average molecular weight is 248 g/mol. The zero-order valence-electron chi connectivity index (χ0n) is 11.5. The van der Waals surface area contributed by atoms with Crippen LogP contribution in [0.2, 0.25) is 0 Å². The Morgan fingerprint density at radius 2 is 2.06 bits per heavy atom. The molecule has 2 atom stereocenters. The van der Waals surface area contributed by atoms with Crippen LogP contribution in [0.15, 0.2) is 18.2 Å². The second kappa shape index (κ2) is 6.24.